The lowest BCUT2D eigenvalue weighted by Crippen LogP contribution is -2.51. The van der Waals surface area contributed by atoms with Crippen LogP contribution < -0.4 is 5.32 Å². The van der Waals surface area contributed by atoms with Crippen LogP contribution in [-0.4, -0.2) is 60.4 Å². The first kappa shape index (κ1) is 18.8. The van der Waals surface area contributed by atoms with Crippen molar-refractivity contribution < 1.29 is 14.0 Å². The average molecular weight is 361 g/mol. The summed E-state index contributed by atoms with van der Waals surface area (Å²) in [4.78, 5) is 28.8. The van der Waals surface area contributed by atoms with Crippen LogP contribution in [-0.2, 0) is 4.79 Å². The third kappa shape index (κ3) is 5.04. The summed E-state index contributed by atoms with van der Waals surface area (Å²) in [5, 5.41) is 2.78. The number of hydrogen-bond acceptors (Lipinski definition) is 3. The maximum atomic E-state index is 12.9. The van der Waals surface area contributed by atoms with Crippen LogP contribution in [0.15, 0.2) is 24.3 Å². The van der Waals surface area contributed by atoms with Gasteiger partial charge >= 0.3 is 0 Å². The molecule has 0 bridgehead atoms. The Morgan fingerprint density at radius 3 is 2.35 bits per heavy atom. The quantitative estimate of drug-likeness (QED) is 0.792. The Morgan fingerprint density at radius 1 is 1.04 bits per heavy atom. The molecular formula is C20H28FN3O2. The maximum Gasteiger partial charge on any atom is 0.251 e. The lowest BCUT2D eigenvalue weighted by molar-refractivity contribution is -0.133. The first-order valence-electron chi connectivity index (χ1n) is 9.69. The predicted octanol–water partition coefficient (Wildman–Crippen LogP) is 2.42. The van der Waals surface area contributed by atoms with Crippen molar-refractivity contribution in [2.24, 2.45) is 0 Å². The van der Waals surface area contributed by atoms with E-state index < -0.39 is 0 Å². The molecule has 0 atom stereocenters. The van der Waals surface area contributed by atoms with Gasteiger partial charge in [-0.3, -0.25) is 14.5 Å². The van der Waals surface area contributed by atoms with Gasteiger partial charge in [-0.05, 0) is 43.5 Å². The molecule has 1 heterocycles. The second-order valence-corrected chi connectivity index (χ2v) is 7.22. The van der Waals surface area contributed by atoms with Crippen molar-refractivity contribution in [1.82, 2.24) is 15.1 Å². The third-order valence-electron chi connectivity index (χ3n) is 5.47. The molecule has 0 spiro atoms. The predicted molar refractivity (Wildman–Crippen MR) is 98.4 cm³/mol. The van der Waals surface area contributed by atoms with Crippen molar-refractivity contribution in [3.05, 3.63) is 35.6 Å². The van der Waals surface area contributed by atoms with E-state index in [-0.39, 0.29) is 17.6 Å². The van der Waals surface area contributed by atoms with Crippen LogP contribution in [0.2, 0.25) is 0 Å². The summed E-state index contributed by atoms with van der Waals surface area (Å²) in [7, 11) is 0. The van der Waals surface area contributed by atoms with Gasteiger partial charge in [-0.25, -0.2) is 4.39 Å². The van der Waals surface area contributed by atoms with E-state index in [1.807, 2.05) is 4.90 Å². The molecule has 1 aromatic carbocycles. The Hall–Kier alpha value is -1.95. The molecule has 0 aromatic heterocycles. The summed E-state index contributed by atoms with van der Waals surface area (Å²) in [5.74, 6) is -0.421. The van der Waals surface area contributed by atoms with Crippen molar-refractivity contribution in [2.75, 3.05) is 32.7 Å². The highest BCUT2D eigenvalue weighted by atomic mass is 19.1. The van der Waals surface area contributed by atoms with E-state index in [0.717, 1.165) is 32.2 Å². The largest absolute Gasteiger partial charge is 0.352 e. The van der Waals surface area contributed by atoms with E-state index >= 15 is 0 Å². The Labute approximate surface area is 154 Å². The normalized spacial score (nSPS) is 18.9. The lowest BCUT2D eigenvalue weighted by atomic mass is 10.1. The van der Waals surface area contributed by atoms with Gasteiger partial charge in [0.05, 0.1) is 0 Å². The van der Waals surface area contributed by atoms with Crippen molar-refractivity contribution in [1.29, 1.82) is 0 Å². The van der Waals surface area contributed by atoms with E-state index in [4.69, 9.17) is 0 Å². The highest BCUT2D eigenvalue weighted by Crippen LogP contribution is 2.24. The topological polar surface area (TPSA) is 52.7 Å². The highest BCUT2D eigenvalue weighted by Gasteiger charge is 2.27. The van der Waals surface area contributed by atoms with E-state index in [1.54, 1.807) is 0 Å². The maximum absolute atomic E-state index is 12.9. The number of nitrogens with zero attached hydrogens (tertiary/aromatic N) is 2. The molecular weight excluding hydrogens is 333 g/mol. The third-order valence-corrected chi connectivity index (χ3v) is 5.47. The second-order valence-electron chi connectivity index (χ2n) is 7.22. The van der Waals surface area contributed by atoms with Gasteiger partial charge in [0.2, 0.25) is 5.91 Å². The number of carbonyl (C=O) groups is 2. The minimum Gasteiger partial charge on any atom is -0.352 e. The summed E-state index contributed by atoms with van der Waals surface area (Å²) in [6.45, 7) is 4.05. The summed E-state index contributed by atoms with van der Waals surface area (Å²) in [5.41, 5.74) is 0.431. The zero-order chi connectivity index (χ0) is 18.4. The fourth-order valence-corrected chi connectivity index (χ4v) is 3.91. The Kier molecular flexibility index (Phi) is 6.61. The molecule has 6 heteroatoms. The molecule has 1 aromatic rings. The smallest absolute Gasteiger partial charge is 0.251 e. The molecule has 142 valence electrons. The van der Waals surface area contributed by atoms with E-state index in [2.05, 4.69) is 10.2 Å². The van der Waals surface area contributed by atoms with Gasteiger partial charge in [0.15, 0.2) is 0 Å². The number of hydrogen-bond donors (Lipinski definition) is 1. The van der Waals surface area contributed by atoms with Crippen LogP contribution in [0.4, 0.5) is 4.39 Å². The van der Waals surface area contributed by atoms with E-state index in [1.165, 1.54) is 49.9 Å². The zero-order valence-electron chi connectivity index (χ0n) is 15.3. The number of amides is 2. The fraction of sp³-hybridized carbons (Fsp3) is 0.600. The van der Waals surface area contributed by atoms with Gasteiger partial charge in [-0.2, -0.15) is 0 Å². The number of carbonyl (C=O) groups excluding carboxylic acids is 2. The molecule has 2 amide bonds. The standard InChI is InChI=1S/C20H28FN3O2/c21-17-9-7-16(8-10-17)20(26)22-11-3-6-19(25)24-14-12-23(13-15-24)18-4-1-2-5-18/h7-10,18H,1-6,11-15H2,(H,22,26). The van der Waals surface area contributed by atoms with Gasteiger partial charge in [0.1, 0.15) is 5.82 Å². The molecule has 0 radical (unpaired) electrons. The number of piperazine rings is 1. The molecule has 3 rings (SSSR count). The summed E-state index contributed by atoms with van der Waals surface area (Å²) < 4.78 is 12.9. The van der Waals surface area contributed by atoms with Crippen LogP contribution in [0.25, 0.3) is 0 Å². The highest BCUT2D eigenvalue weighted by molar-refractivity contribution is 5.94. The molecule has 0 unspecified atom stereocenters. The summed E-state index contributed by atoms with van der Waals surface area (Å²) in [6, 6.07) is 6.18. The molecule has 2 fully saturated rings. The molecule has 5 nitrogen and oxygen atoms in total. The van der Waals surface area contributed by atoms with Gasteiger partial charge in [-0.1, -0.05) is 12.8 Å². The minimum absolute atomic E-state index is 0.173. The number of halogens is 1. The Balaban J connectivity index is 1.32. The van der Waals surface area contributed by atoms with E-state index in [0.29, 0.717) is 24.9 Å². The fourth-order valence-electron chi connectivity index (χ4n) is 3.91. The molecule has 26 heavy (non-hydrogen) atoms. The SMILES string of the molecule is O=C(NCCCC(=O)N1CCN(C2CCCC2)CC1)c1ccc(F)cc1. The molecule has 1 saturated carbocycles. The van der Waals surface area contributed by atoms with Gasteiger partial charge in [0.25, 0.3) is 5.91 Å². The summed E-state index contributed by atoms with van der Waals surface area (Å²) in [6.07, 6.45) is 6.37. The molecule has 1 N–H and O–H groups in total. The molecule has 1 saturated heterocycles. The van der Waals surface area contributed by atoms with Crippen LogP contribution in [0.1, 0.15) is 48.9 Å². The van der Waals surface area contributed by atoms with Gasteiger partial charge < -0.3 is 10.2 Å². The number of benzene rings is 1. The second kappa shape index (κ2) is 9.12. The molecule has 1 aliphatic heterocycles. The zero-order valence-corrected chi connectivity index (χ0v) is 15.3. The van der Waals surface area contributed by atoms with Crippen molar-refractivity contribution in [3.63, 3.8) is 0 Å². The first-order valence-corrected chi connectivity index (χ1v) is 9.69. The van der Waals surface area contributed by atoms with Crippen LogP contribution in [0.5, 0.6) is 0 Å². The van der Waals surface area contributed by atoms with Gasteiger partial charge in [-0.15, -0.1) is 0 Å². The monoisotopic (exact) mass is 361 g/mol. The van der Waals surface area contributed by atoms with Crippen LogP contribution in [0.3, 0.4) is 0 Å². The average Bonchev–Trinajstić information content (AvgIpc) is 3.20. The van der Waals surface area contributed by atoms with Gasteiger partial charge in [0, 0.05) is 50.7 Å². The minimum atomic E-state index is -0.361. The van der Waals surface area contributed by atoms with Crippen molar-refractivity contribution in [2.45, 2.75) is 44.6 Å². The lowest BCUT2D eigenvalue weighted by Gasteiger charge is -2.38. The van der Waals surface area contributed by atoms with Crippen LogP contribution in [0, 0.1) is 5.82 Å². The Morgan fingerprint density at radius 2 is 1.69 bits per heavy atom. The van der Waals surface area contributed by atoms with E-state index in [9.17, 15) is 14.0 Å². The number of rotatable bonds is 6. The van der Waals surface area contributed by atoms with Crippen LogP contribution >= 0.6 is 0 Å². The molecule has 2 aliphatic rings. The first-order chi connectivity index (χ1) is 12.6. The van der Waals surface area contributed by atoms with Crippen molar-refractivity contribution in [3.8, 4) is 0 Å². The Bertz CT molecular complexity index is 606. The number of nitrogens with one attached hydrogen (secondary N) is 1. The summed E-state index contributed by atoms with van der Waals surface area (Å²) >= 11 is 0. The van der Waals surface area contributed by atoms with Crippen molar-refractivity contribution >= 4 is 11.8 Å². The molecule has 1 aliphatic carbocycles.